The second kappa shape index (κ2) is 9.51. The number of esters is 1. The van der Waals surface area contributed by atoms with Crippen molar-refractivity contribution in [2.24, 2.45) is 0 Å². The molecule has 7 nitrogen and oxygen atoms in total. The lowest BCUT2D eigenvalue weighted by Gasteiger charge is -2.16. The first-order valence-corrected chi connectivity index (χ1v) is 11.7. The Morgan fingerprint density at radius 3 is 2.32 bits per heavy atom. The molecule has 3 rings (SSSR count). The van der Waals surface area contributed by atoms with Crippen LogP contribution in [-0.2, 0) is 26.2 Å². The van der Waals surface area contributed by atoms with Gasteiger partial charge in [0.25, 0.3) is 0 Å². The number of aryl methyl sites for hydroxylation is 1. The van der Waals surface area contributed by atoms with Gasteiger partial charge in [0.1, 0.15) is 18.2 Å². The maximum Gasteiger partial charge on any atom is 0.321 e. The minimum Gasteiger partial charge on any atom is -0.458 e. The molecule has 0 spiro atoms. The van der Waals surface area contributed by atoms with Crippen LogP contribution in [0.2, 0.25) is 0 Å². The highest BCUT2D eigenvalue weighted by Gasteiger charge is 2.24. The van der Waals surface area contributed by atoms with Gasteiger partial charge >= 0.3 is 5.97 Å². The van der Waals surface area contributed by atoms with Gasteiger partial charge in [0.05, 0.1) is 10.6 Å². The van der Waals surface area contributed by atoms with Crippen LogP contribution < -0.4 is 0 Å². The summed E-state index contributed by atoms with van der Waals surface area (Å²) >= 11 is 1.45. The Morgan fingerprint density at radius 2 is 1.71 bits per heavy atom. The zero-order chi connectivity index (χ0) is 22.6. The van der Waals surface area contributed by atoms with Gasteiger partial charge in [-0.1, -0.05) is 42.0 Å². The van der Waals surface area contributed by atoms with Crippen LogP contribution in [0.15, 0.2) is 58.8 Å². The fraction of sp³-hybridized carbons (Fsp3) is 0.227. The van der Waals surface area contributed by atoms with E-state index >= 15 is 0 Å². The molecule has 0 saturated heterocycles. The summed E-state index contributed by atoms with van der Waals surface area (Å²) in [7, 11) is -2.59. The van der Waals surface area contributed by atoms with E-state index < -0.39 is 22.5 Å². The van der Waals surface area contributed by atoms with Crippen molar-refractivity contribution in [3.05, 3.63) is 70.7 Å². The van der Waals surface area contributed by atoms with Gasteiger partial charge in [-0.3, -0.25) is 9.59 Å². The lowest BCUT2D eigenvalue weighted by molar-refractivity contribution is -0.145. The van der Waals surface area contributed by atoms with Crippen LogP contribution in [-0.4, -0.2) is 43.1 Å². The first kappa shape index (κ1) is 22.8. The van der Waals surface area contributed by atoms with Gasteiger partial charge in [0, 0.05) is 23.6 Å². The molecule has 162 valence electrons. The van der Waals surface area contributed by atoms with E-state index in [1.807, 2.05) is 31.2 Å². The second-order valence-electron chi connectivity index (χ2n) is 7.01. The average Bonchev–Trinajstić information content (AvgIpc) is 3.22. The van der Waals surface area contributed by atoms with Gasteiger partial charge in [-0.05, 0) is 26.0 Å². The zero-order valence-electron chi connectivity index (χ0n) is 17.4. The number of thiazole rings is 1. The number of likely N-dealkylation sites (N-methyl/N-ethyl adjacent to an activating group) is 1. The lowest BCUT2D eigenvalue weighted by Crippen LogP contribution is -2.33. The number of hydrogen-bond acceptors (Lipinski definition) is 7. The highest BCUT2D eigenvalue weighted by Crippen LogP contribution is 2.24. The predicted molar refractivity (Wildman–Crippen MR) is 118 cm³/mol. The number of Topliss-reactive ketones (excluding diaryl/α,β-unsaturated/α-hetero) is 1. The first-order valence-electron chi connectivity index (χ1n) is 9.41. The number of ketones is 1. The summed E-state index contributed by atoms with van der Waals surface area (Å²) in [6.45, 7) is 2.93. The number of sulfonamides is 1. The van der Waals surface area contributed by atoms with Crippen molar-refractivity contribution in [3.8, 4) is 10.6 Å². The Balaban J connectivity index is 1.57. The Labute approximate surface area is 185 Å². The second-order valence-corrected chi connectivity index (χ2v) is 9.92. The molecule has 0 saturated carbocycles. The van der Waals surface area contributed by atoms with E-state index in [-0.39, 0.29) is 17.3 Å². The summed E-state index contributed by atoms with van der Waals surface area (Å²) in [5, 5.41) is 2.62. The molecule has 3 aromatic rings. The number of nitrogens with zero attached hydrogens (tertiary/aromatic N) is 2. The molecule has 9 heteroatoms. The van der Waals surface area contributed by atoms with Crippen LogP contribution in [0.5, 0.6) is 0 Å². The molecule has 1 heterocycles. The van der Waals surface area contributed by atoms with Gasteiger partial charge in [0.15, 0.2) is 5.78 Å². The van der Waals surface area contributed by atoms with Crippen molar-refractivity contribution in [1.29, 1.82) is 0 Å². The fourth-order valence-electron chi connectivity index (χ4n) is 2.71. The summed E-state index contributed by atoms with van der Waals surface area (Å²) in [6, 6.07) is 13.5. The summed E-state index contributed by atoms with van der Waals surface area (Å²) < 4.78 is 31.4. The average molecular weight is 459 g/mol. The predicted octanol–water partition coefficient (Wildman–Crippen LogP) is 3.69. The molecule has 0 radical (unpaired) electrons. The quantitative estimate of drug-likeness (QED) is 0.378. The van der Waals surface area contributed by atoms with Gasteiger partial charge in [-0.15, -0.1) is 11.3 Å². The molecule has 0 atom stereocenters. The van der Waals surface area contributed by atoms with Crippen LogP contribution in [0.25, 0.3) is 10.6 Å². The standard InChI is InChI=1S/C22H22N2O5S2/c1-15-4-6-18(7-5-15)22-23-19(14-30-22)13-29-21(26)12-24(3)31(27,28)20-10-8-17(9-11-20)16(2)25/h4-11,14H,12-13H2,1-3H3. The van der Waals surface area contributed by atoms with E-state index in [1.54, 1.807) is 5.38 Å². The number of benzene rings is 2. The maximum absolute atomic E-state index is 12.6. The fourth-order valence-corrected chi connectivity index (χ4v) is 4.64. The van der Waals surface area contributed by atoms with Crippen LogP contribution in [0.4, 0.5) is 0 Å². The molecule has 0 aliphatic carbocycles. The molecule has 1 aromatic heterocycles. The van der Waals surface area contributed by atoms with Gasteiger partial charge in [-0.25, -0.2) is 13.4 Å². The van der Waals surface area contributed by atoms with Crippen molar-refractivity contribution in [1.82, 2.24) is 9.29 Å². The van der Waals surface area contributed by atoms with E-state index in [9.17, 15) is 18.0 Å². The van der Waals surface area contributed by atoms with Crippen LogP contribution in [0.3, 0.4) is 0 Å². The van der Waals surface area contributed by atoms with E-state index in [1.165, 1.54) is 49.6 Å². The Morgan fingerprint density at radius 1 is 1.06 bits per heavy atom. The highest BCUT2D eigenvalue weighted by atomic mass is 32.2. The largest absolute Gasteiger partial charge is 0.458 e. The zero-order valence-corrected chi connectivity index (χ0v) is 19.0. The Kier molecular flexibility index (Phi) is 6.99. The minimum atomic E-state index is -3.89. The van der Waals surface area contributed by atoms with E-state index in [2.05, 4.69) is 4.98 Å². The molecule has 0 fully saturated rings. The number of ether oxygens (including phenoxy) is 1. The van der Waals surface area contributed by atoms with Gasteiger partial charge in [0.2, 0.25) is 10.0 Å². The summed E-state index contributed by atoms with van der Waals surface area (Å²) in [4.78, 5) is 28.0. The minimum absolute atomic E-state index is 0.00459. The summed E-state index contributed by atoms with van der Waals surface area (Å²) in [6.07, 6.45) is 0. The number of rotatable bonds is 8. The number of hydrogen-bond donors (Lipinski definition) is 0. The molecule has 31 heavy (non-hydrogen) atoms. The van der Waals surface area contributed by atoms with Gasteiger partial charge in [-0.2, -0.15) is 4.31 Å². The Bertz CT molecular complexity index is 1180. The molecule has 0 unspecified atom stereocenters. The monoisotopic (exact) mass is 458 g/mol. The molecule has 0 aliphatic rings. The SMILES string of the molecule is CC(=O)c1ccc(S(=O)(=O)N(C)CC(=O)OCc2csc(-c3ccc(C)cc3)n2)cc1. The van der Waals surface area contributed by atoms with Gasteiger partial charge < -0.3 is 4.74 Å². The van der Waals surface area contributed by atoms with Crippen molar-refractivity contribution in [3.63, 3.8) is 0 Å². The normalized spacial score (nSPS) is 11.5. The van der Waals surface area contributed by atoms with Crippen molar-refractivity contribution >= 4 is 33.1 Å². The third-order valence-corrected chi connectivity index (χ3v) is 7.31. The third kappa shape index (κ3) is 5.63. The lowest BCUT2D eigenvalue weighted by atomic mass is 10.2. The van der Waals surface area contributed by atoms with Crippen LogP contribution in [0, 0.1) is 6.92 Å². The van der Waals surface area contributed by atoms with Crippen molar-refractivity contribution in [2.75, 3.05) is 13.6 Å². The molecule has 0 N–H and O–H groups in total. The van der Waals surface area contributed by atoms with Crippen molar-refractivity contribution in [2.45, 2.75) is 25.3 Å². The topological polar surface area (TPSA) is 93.6 Å². The molecule has 0 amide bonds. The van der Waals surface area contributed by atoms with Crippen LogP contribution >= 0.6 is 11.3 Å². The molecular formula is C22H22N2O5S2. The molecular weight excluding hydrogens is 436 g/mol. The van der Waals surface area contributed by atoms with E-state index in [0.717, 1.165) is 20.4 Å². The third-order valence-electron chi connectivity index (χ3n) is 4.55. The first-order chi connectivity index (χ1) is 14.7. The summed E-state index contributed by atoms with van der Waals surface area (Å²) in [5.74, 6) is -0.843. The smallest absolute Gasteiger partial charge is 0.321 e. The highest BCUT2D eigenvalue weighted by molar-refractivity contribution is 7.89. The van der Waals surface area contributed by atoms with Crippen LogP contribution in [0.1, 0.15) is 28.5 Å². The van der Waals surface area contributed by atoms with E-state index in [4.69, 9.17) is 4.74 Å². The maximum atomic E-state index is 12.6. The molecule has 2 aromatic carbocycles. The van der Waals surface area contributed by atoms with Crippen molar-refractivity contribution < 1.29 is 22.7 Å². The number of carbonyl (C=O) groups is 2. The van der Waals surface area contributed by atoms with E-state index in [0.29, 0.717) is 11.3 Å². The molecule has 0 bridgehead atoms. The number of carbonyl (C=O) groups excluding carboxylic acids is 2. The molecule has 0 aliphatic heterocycles. The Hall–Kier alpha value is -2.88. The summed E-state index contributed by atoms with van der Waals surface area (Å²) in [5.41, 5.74) is 3.15. The number of aromatic nitrogens is 1.